The maximum atomic E-state index is 12.8. The van der Waals surface area contributed by atoms with Crippen LogP contribution in [0.25, 0.3) is 11.5 Å². The highest BCUT2D eigenvalue weighted by atomic mass is 32.2. The van der Waals surface area contributed by atoms with Gasteiger partial charge in [-0.15, -0.1) is 0 Å². The van der Waals surface area contributed by atoms with Gasteiger partial charge in [-0.1, -0.05) is 6.07 Å². The van der Waals surface area contributed by atoms with Gasteiger partial charge < -0.3 is 14.5 Å². The number of sulfone groups is 1. The molecule has 34 heavy (non-hydrogen) atoms. The van der Waals surface area contributed by atoms with E-state index in [0.717, 1.165) is 5.56 Å². The first kappa shape index (κ1) is 23.2. The van der Waals surface area contributed by atoms with Crippen LogP contribution >= 0.6 is 0 Å². The Morgan fingerprint density at radius 2 is 1.79 bits per heavy atom. The molecule has 0 radical (unpaired) electrons. The number of nitrogens with one attached hydrogen (secondary N) is 1. The highest BCUT2D eigenvalue weighted by Gasteiger charge is 2.21. The molecule has 0 atom stereocenters. The van der Waals surface area contributed by atoms with Crippen LogP contribution in [0.2, 0.25) is 0 Å². The number of aryl methyl sites for hydroxylation is 1. The highest BCUT2D eigenvalue weighted by molar-refractivity contribution is 7.90. The maximum Gasteiger partial charge on any atom is 0.251 e. The first-order chi connectivity index (χ1) is 16.4. The molecule has 0 saturated heterocycles. The molecule has 0 aliphatic heterocycles. The monoisotopic (exact) mass is 477 g/mol. The number of pyridine rings is 1. The second-order valence-electron chi connectivity index (χ2n) is 7.58. The summed E-state index contributed by atoms with van der Waals surface area (Å²) in [5.74, 6) is 0.784. The molecule has 4 aromatic rings. The van der Waals surface area contributed by atoms with Crippen molar-refractivity contribution in [1.29, 1.82) is 0 Å². The summed E-state index contributed by atoms with van der Waals surface area (Å²) in [4.78, 5) is 21.0. The van der Waals surface area contributed by atoms with Crippen LogP contribution in [0.5, 0.6) is 5.75 Å². The van der Waals surface area contributed by atoms with Crippen molar-refractivity contribution in [2.75, 3.05) is 7.11 Å². The van der Waals surface area contributed by atoms with Crippen molar-refractivity contribution in [3.05, 3.63) is 95.6 Å². The molecule has 1 amide bonds. The van der Waals surface area contributed by atoms with Gasteiger partial charge in [0.05, 0.1) is 17.7 Å². The minimum absolute atomic E-state index is 0.180. The van der Waals surface area contributed by atoms with Crippen molar-refractivity contribution in [3.8, 4) is 17.2 Å². The number of hydrogen-bond donors (Lipinski definition) is 1. The molecule has 2 aromatic carbocycles. The van der Waals surface area contributed by atoms with E-state index in [4.69, 9.17) is 9.15 Å². The fourth-order valence-corrected chi connectivity index (χ4v) is 4.63. The summed E-state index contributed by atoms with van der Waals surface area (Å²) in [6.07, 6.45) is 3.37. The third-order valence-electron chi connectivity index (χ3n) is 5.21. The minimum atomic E-state index is -3.61. The average molecular weight is 478 g/mol. The van der Waals surface area contributed by atoms with Crippen LogP contribution in [0.1, 0.15) is 27.4 Å². The lowest BCUT2D eigenvalue weighted by atomic mass is 10.1. The van der Waals surface area contributed by atoms with Gasteiger partial charge in [0.25, 0.3) is 5.91 Å². The standard InChI is InChI=1S/C25H23N3O5S/c1-17-23(16-34(30,31)22-11-9-21(32-2)10-12-22)28-25(33-17)20-7-5-19(6-8-20)24(29)27-15-18-4-3-13-26-14-18/h3-14H,15-16H2,1-2H3,(H,27,29). The number of methoxy groups -OCH3 is 1. The van der Waals surface area contributed by atoms with Gasteiger partial charge in [0.1, 0.15) is 17.3 Å². The molecule has 0 fully saturated rings. The SMILES string of the molecule is COc1ccc(S(=O)(=O)Cc2nc(-c3ccc(C(=O)NCc4cccnc4)cc3)oc2C)cc1. The number of ether oxygens (including phenoxy) is 1. The first-order valence-electron chi connectivity index (χ1n) is 10.5. The summed E-state index contributed by atoms with van der Waals surface area (Å²) in [5.41, 5.74) is 2.36. The summed E-state index contributed by atoms with van der Waals surface area (Å²) >= 11 is 0. The van der Waals surface area contributed by atoms with Gasteiger partial charge in [-0.2, -0.15) is 0 Å². The number of oxazole rings is 1. The quantitative estimate of drug-likeness (QED) is 0.409. The zero-order chi connectivity index (χ0) is 24.1. The van der Waals surface area contributed by atoms with Crippen LogP contribution in [0, 0.1) is 6.92 Å². The normalized spacial score (nSPS) is 11.2. The van der Waals surface area contributed by atoms with Gasteiger partial charge in [0.2, 0.25) is 5.89 Å². The molecule has 0 aliphatic rings. The zero-order valence-corrected chi connectivity index (χ0v) is 19.5. The van der Waals surface area contributed by atoms with Gasteiger partial charge in [-0.3, -0.25) is 9.78 Å². The molecule has 0 bridgehead atoms. The second kappa shape index (κ2) is 9.88. The summed E-state index contributed by atoms with van der Waals surface area (Å²) < 4.78 is 36.4. The van der Waals surface area contributed by atoms with E-state index in [2.05, 4.69) is 15.3 Å². The van der Waals surface area contributed by atoms with Crippen molar-refractivity contribution in [2.24, 2.45) is 0 Å². The van der Waals surface area contributed by atoms with Crippen LogP contribution in [0.3, 0.4) is 0 Å². The van der Waals surface area contributed by atoms with Crippen molar-refractivity contribution in [3.63, 3.8) is 0 Å². The summed E-state index contributed by atoms with van der Waals surface area (Å²) in [7, 11) is -2.09. The molecule has 9 heteroatoms. The number of carbonyl (C=O) groups excluding carboxylic acids is 1. The van der Waals surface area contributed by atoms with Gasteiger partial charge in [0, 0.05) is 30.1 Å². The predicted molar refractivity (Wildman–Crippen MR) is 126 cm³/mol. The third-order valence-corrected chi connectivity index (χ3v) is 6.85. The average Bonchev–Trinajstić information content (AvgIpc) is 3.22. The van der Waals surface area contributed by atoms with Gasteiger partial charge >= 0.3 is 0 Å². The molecule has 0 spiro atoms. The number of hydrogen-bond acceptors (Lipinski definition) is 7. The van der Waals surface area contributed by atoms with Crippen molar-refractivity contribution in [1.82, 2.24) is 15.3 Å². The predicted octanol–water partition coefficient (Wildman–Crippen LogP) is 3.96. The minimum Gasteiger partial charge on any atom is -0.497 e. The Morgan fingerprint density at radius 1 is 1.06 bits per heavy atom. The molecule has 8 nitrogen and oxygen atoms in total. The van der Waals surface area contributed by atoms with Gasteiger partial charge in [-0.05, 0) is 67.1 Å². The molecular weight excluding hydrogens is 454 g/mol. The van der Waals surface area contributed by atoms with Crippen LogP contribution in [0.15, 0.2) is 82.4 Å². The maximum absolute atomic E-state index is 12.8. The summed E-state index contributed by atoms with van der Waals surface area (Å²) in [6, 6.07) is 16.7. The smallest absolute Gasteiger partial charge is 0.251 e. The Morgan fingerprint density at radius 3 is 2.44 bits per heavy atom. The Balaban J connectivity index is 1.45. The Hall–Kier alpha value is -3.98. The Bertz CT molecular complexity index is 1380. The largest absolute Gasteiger partial charge is 0.497 e. The Labute approximate surface area is 197 Å². The lowest BCUT2D eigenvalue weighted by Gasteiger charge is -2.05. The molecule has 2 aromatic heterocycles. The topological polar surface area (TPSA) is 111 Å². The number of nitrogens with zero attached hydrogens (tertiary/aromatic N) is 2. The molecule has 4 rings (SSSR count). The summed E-state index contributed by atoms with van der Waals surface area (Å²) in [5, 5.41) is 2.84. The van der Waals surface area contributed by atoms with Crippen LogP contribution in [0.4, 0.5) is 0 Å². The number of aromatic nitrogens is 2. The third kappa shape index (κ3) is 5.32. The van der Waals surface area contributed by atoms with Crippen molar-refractivity contribution < 1.29 is 22.4 Å². The zero-order valence-electron chi connectivity index (χ0n) is 18.7. The number of amides is 1. The van der Waals surface area contributed by atoms with E-state index in [0.29, 0.717) is 40.8 Å². The highest BCUT2D eigenvalue weighted by Crippen LogP contribution is 2.26. The lowest BCUT2D eigenvalue weighted by molar-refractivity contribution is 0.0951. The Kier molecular flexibility index (Phi) is 6.74. The van der Waals surface area contributed by atoms with Crippen molar-refractivity contribution >= 4 is 15.7 Å². The molecule has 0 saturated carbocycles. The van der Waals surface area contributed by atoms with Crippen LogP contribution in [-0.4, -0.2) is 31.4 Å². The fourth-order valence-electron chi connectivity index (χ4n) is 3.28. The van der Waals surface area contributed by atoms with E-state index in [-0.39, 0.29) is 16.6 Å². The van der Waals surface area contributed by atoms with Gasteiger partial charge in [0.15, 0.2) is 9.84 Å². The molecule has 0 aliphatic carbocycles. The van der Waals surface area contributed by atoms with Crippen LogP contribution in [-0.2, 0) is 22.1 Å². The van der Waals surface area contributed by atoms with E-state index in [1.807, 2.05) is 12.1 Å². The van der Waals surface area contributed by atoms with Crippen LogP contribution < -0.4 is 10.1 Å². The molecular formula is C25H23N3O5S. The molecule has 1 N–H and O–H groups in total. The molecule has 174 valence electrons. The number of carbonyl (C=O) groups is 1. The lowest BCUT2D eigenvalue weighted by Crippen LogP contribution is -2.22. The van der Waals surface area contributed by atoms with E-state index in [1.54, 1.807) is 55.7 Å². The van der Waals surface area contributed by atoms with E-state index >= 15 is 0 Å². The summed E-state index contributed by atoms with van der Waals surface area (Å²) in [6.45, 7) is 2.05. The first-order valence-corrected chi connectivity index (χ1v) is 12.1. The van der Waals surface area contributed by atoms with E-state index < -0.39 is 9.84 Å². The molecule has 2 heterocycles. The number of rotatable bonds is 8. The van der Waals surface area contributed by atoms with E-state index in [9.17, 15) is 13.2 Å². The van der Waals surface area contributed by atoms with E-state index in [1.165, 1.54) is 19.2 Å². The molecule has 0 unspecified atom stereocenters. The number of benzene rings is 2. The van der Waals surface area contributed by atoms with Gasteiger partial charge in [-0.25, -0.2) is 13.4 Å². The second-order valence-corrected chi connectivity index (χ2v) is 9.57. The van der Waals surface area contributed by atoms with Crippen molar-refractivity contribution in [2.45, 2.75) is 24.1 Å². The fraction of sp³-hybridized carbons (Fsp3) is 0.160.